The number of hydrogen-bond donors (Lipinski definition) is 0. The minimum atomic E-state index is -0.730. The van der Waals surface area contributed by atoms with Gasteiger partial charge in [0.2, 0.25) is 5.91 Å². The van der Waals surface area contributed by atoms with Crippen LogP contribution in [0.3, 0.4) is 0 Å². The predicted molar refractivity (Wildman–Crippen MR) is 157 cm³/mol. The second-order valence-electron chi connectivity index (χ2n) is 11.3. The van der Waals surface area contributed by atoms with Gasteiger partial charge in [-0.25, -0.2) is 9.78 Å². The standard InChI is InChI=1S/C31H35ClN6O4/c1-20(2)42-31(40)38-12-11-36(17-26(38)30(39)37-10-8-22(16-37)15-35-14-21(3)34-19-35)29-25-7-6-24(32)13-27(25)41-18-23-5-4-9-33-28(23)29/h4-7,9,13-14,19,22,26,29H,1,8,10-12,15-18H2,2-3H3/t22-,26+,29-/m0/s1. The molecule has 0 N–H and O–H groups in total. The minimum absolute atomic E-state index is 0.0786. The van der Waals surface area contributed by atoms with E-state index in [0.717, 1.165) is 35.5 Å². The number of carbonyl (C=O) groups excluding carboxylic acids is 2. The Morgan fingerprint density at radius 3 is 2.81 bits per heavy atom. The number of hydrogen-bond acceptors (Lipinski definition) is 7. The van der Waals surface area contributed by atoms with Crippen LogP contribution >= 0.6 is 11.6 Å². The smallest absolute Gasteiger partial charge is 0.415 e. The van der Waals surface area contributed by atoms with Gasteiger partial charge in [-0.1, -0.05) is 30.3 Å². The highest BCUT2D eigenvalue weighted by atomic mass is 35.5. The van der Waals surface area contributed by atoms with E-state index in [0.29, 0.717) is 56.0 Å². The molecule has 3 atom stereocenters. The van der Waals surface area contributed by atoms with Crippen LogP contribution in [0.25, 0.3) is 0 Å². The summed E-state index contributed by atoms with van der Waals surface area (Å²) in [5.41, 5.74) is 3.75. The normalized spacial score (nSPS) is 22.1. The third-order valence-electron chi connectivity index (χ3n) is 8.23. The zero-order valence-electron chi connectivity index (χ0n) is 23.9. The van der Waals surface area contributed by atoms with Crippen molar-refractivity contribution in [3.05, 3.63) is 88.9 Å². The average molecular weight is 591 g/mol. The van der Waals surface area contributed by atoms with Crippen LogP contribution in [0, 0.1) is 12.8 Å². The lowest BCUT2D eigenvalue weighted by Gasteiger charge is -2.44. The second-order valence-corrected chi connectivity index (χ2v) is 11.8. The molecule has 0 saturated carbocycles. The van der Waals surface area contributed by atoms with Gasteiger partial charge in [0.25, 0.3) is 0 Å². The Hall–Kier alpha value is -3.89. The Morgan fingerprint density at radius 1 is 1.17 bits per heavy atom. The van der Waals surface area contributed by atoms with Crippen LogP contribution in [-0.2, 0) is 22.7 Å². The highest BCUT2D eigenvalue weighted by molar-refractivity contribution is 6.30. The highest BCUT2D eigenvalue weighted by Gasteiger charge is 2.43. The molecule has 0 spiro atoms. The number of piperazine rings is 1. The monoisotopic (exact) mass is 590 g/mol. The van der Waals surface area contributed by atoms with Crippen LogP contribution in [0.1, 0.15) is 41.9 Å². The van der Waals surface area contributed by atoms with Crippen LogP contribution in [0.2, 0.25) is 5.02 Å². The van der Waals surface area contributed by atoms with Gasteiger partial charge in [-0.15, -0.1) is 0 Å². The molecule has 2 amide bonds. The predicted octanol–water partition coefficient (Wildman–Crippen LogP) is 4.43. The van der Waals surface area contributed by atoms with Crippen LogP contribution in [0.15, 0.2) is 61.4 Å². The summed E-state index contributed by atoms with van der Waals surface area (Å²) in [6, 6.07) is 8.54. The molecule has 1 aromatic carbocycles. The van der Waals surface area contributed by atoms with Gasteiger partial charge in [-0.05, 0) is 44.4 Å². The largest absolute Gasteiger partial charge is 0.488 e. The number of aryl methyl sites for hydroxylation is 1. The van der Waals surface area contributed by atoms with Gasteiger partial charge in [0.1, 0.15) is 18.4 Å². The maximum absolute atomic E-state index is 14.2. The summed E-state index contributed by atoms with van der Waals surface area (Å²) in [5, 5.41) is 0.585. The van der Waals surface area contributed by atoms with E-state index in [1.54, 1.807) is 18.0 Å². The SMILES string of the molecule is C=C(C)OC(=O)N1CCN([C@H]2c3ccc(Cl)cc3OCc3cccnc32)C[C@@H]1C(=O)N1CC[C@@H](Cn2cnc(C)c2)C1. The lowest BCUT2D eigenvalue weighted by molar-refractivity contribution is -0.138. The molecule has 0 aliphatic carbocycles. The Balaban J connectivity index is 1.29. The van der Waals surface area contributed by atoms with E-state index in [1.165, 1.54) is 0 Å². The molecule has 3 aromatic rings. The van der Waals surface area contributed by atoms with Gasteiger partial charge in [0.05, 0.1) is 29.5 Å². The van der Waals surface area contributed by atoms with Crippen molar-refractivity contribution in [1.82, 2.24) is 29.2 Å². The van der Waals surface area contributed by atoms with Gasteiger partial charge in [0, 0.05) is 67.8 Å². The van der Waals surface area contributed by atoms with Crippen LogP contribution in [0.5, 0.6) is 5.75 Å². The molecule has 3 aliphatic heterocycles. The summed E-state index contributed by atoms with van der Waals surface area (Å²) in [7, 11) is 0. The first-order chi connectivity index (χ1) is 20.3. The third-order valence-corrected chi connectivity index (χ3v) is 8.46. The molecule has 5 heterocycles. The number of rotatable bonds is 5. The summed E-state index contributed by atoms with van der Waals surface area (Å²) < 4.78 is 13.7. The number of pyridine rings is 1. The van der Waals surface area contributed by atoms with E-state index in [9.17, 15) is 9.59 Å². The number of amides is 2. The Kier molecular flexibility index (Phi) is 7.92. The number of nitrogens with zero attached hydrogens (tertiary/aromatic N) is 6. The Bertz CT molecular complexity index is 1510. The molecule has 2 saturated heterocycles. The molecular weight excluding hydrogens is 556 g/mol. The Labute approximate surface area is 250 Å². The number of imidazole rings is 1. The zero-order chi connectivity index (χ0) is 29.4. The molecule has 6 rings (SSSR count). The number of likely N-dealkylation sites (tertiary alicyclic amines) is 1. The number of aromatic nitrogens is 3. The fourth-order valence-electron chi connectivity index (χ4n) is 6.29. The van der Waals surface area contributed by atoms with E-state index < -0.39 is 12.1 Å². The maximum Gasteiger partial charge on any atom is 0.415 e. The second kappa shape index (κ2) is 11.8. The number of carbonyl (C=O) groups is 2. The van der Waals surface area contributed by atoms with Crippen molar-refractivity contribution in [2.24, 2.45) is 5.92 Å². The molecule has 3 aliphatic rings. The fourth-order valence-corrected chi connectivity index (χ4v) is 6.45. The molecule has 10 nitrogen and oxygen atoms in total. The highest BCUT2D eigenvalue weighted by Crippen LogP contribution is 2.41. The average Bonchev–Trinajstić information content (AvgIpc) is 3.57. The number of benzene rings is 1. The van der Waals surface area contributed by atoms with E-state index in [-0.39, 0.29) is 17.7 Å². The topological polar surface area (TPSA) is 93.0 Å². The lowest BCUT2D eigenvalue weighted by Crippen LogP contribution is -2.61. The number of fused-ring (bicyclic) bond motifs is 2. The number of ether oxygens (including phenoxy) is 2. The van der Waals surface area contributed by atoms with Gasteiger partial charge in [-0.2, -0.15) is 0 Å². The molecule has 220 valence electrons. The quantitative estimate of drug-likeness (QED) is 0.406. The van der Waals surface area contributed by atoms with Gasteiger partial charge in [0.15, 0.2) is 0 Å². The summed E-state index contributed by atoms with van der Waals surface area (Å²) in [4.78, 5) is 42.2. The molecule has 11 heteroatoms. The summed E-state index contributed by atoms with van der Waals surface area (Å²) in [5.74, 6) is 1.21. The maximum atomic E-state index is 14.2. The van der Waals surface area contributed by atoms with Crippen molar-refractivity contribution in [2.45, 2.75) is 45.5 Å². The zero-order valence-corrected chi connectivity index (χ0v) is 24.7. The third kappa shape index (κ3) is 5.73. The molecule has 2 aromatic heterocycles. The van der Waals surface area contributed by atoms with Gasteiger partial charge < -0.3 is 18.9 Å². The van der Waals surface area contributed by atoms with Crippen molar-refractivity contribution in [3.63, 3.8) is 0 Å². The summed E-state index contributed by atoms with van der Waals surface area (Å²) in [6.07, 6.45) is 5.97. The lowest BCUT2D eigenvalue weighted by atomic mass is 9.96. The van der Waals surface area contributed by atoms with Crippen molar-refractivity contribution in [3.8, 4) is 5.75 Å². The van der Waals surface area contributed by atoms with E-state index in [2.05, 4.69) is 21.0 Å². The van der Waals surface area contributed by atoms with Crippen molar-refractivity contribution < 1.29 is 19.1 Å². The van der Waals surface area contributed by atoms with Crippen molar-refractivity contribution in [1.29, 1.82) is 0 Å². The van der Waals surface area contributed by atoms with E-state index in [1.807, 2.05) is 54.7 Å². The molecule has 0 radical (unpaired) electrons. The minimum Gasteiger partial charge on any atom is -0.488 e. The van der Waals surface area contributed by atoms with E-state index >= 15 is 0 Å². The van der Waals surface area contributed by atoms with Crippen molar-refractivity contribution >= 4 is 23.6 Å². The first kappa shape index (κ1) is 28.2. The molecule has 0 unspecified atom stereocenters. The van der Waals surface area contributed by atoms with Crippen LogP contribution < -0.4 is 4.74 Å². The Morgan fingerprint density at radius 2 is 2.02 bits per heavy atom. The molecule has 2 fully saturated rings. The van der Waals surface area contributed by atoms with Crippen LogP contribution in [-0.4, -0.2) is 80.0 Å². The molecular formula is C31H35ClN6O4. The van der Waals surface area contributed by atoms with Crippen molar-refractivity contribution in [2.75, 3.05) is 32.7 Å². The first-order valence-electron chi connectivity index (χ1n) is 14.3. The van der Waals surface area contributed by atoms with E-state index in [4.69, 9.17) is 26.1 Å². The molecule has 0 bridgehead atoms. The van der Waals surface area contributed by atoms with Gasteiger partial charge >= 0.3 is 6.09 Å². The van der Waals surface area contributed by atoms with Crippen LogP contribution in [0.4, 0.5) is 4.79 Å². The molecule has 42 heavy (non-hydrogen) atoms. The first-order valence-corrected chi connectivity index (χ1v) is 14.7. The summed E-state index contributed by atoms with van der Waals surface area (Å²) in [6.45, 7) is 10.9. The van der Waals surface area contributed by atoms with Gasteiger partial charge in [-0.3, -0.25) is 19.6 Å². The number of allylic oxidation sites excluding steroid dienone is 1. The summed E-state index contributed by atoms with van der Waals surface area (Å²) >= 11 is 6.34. The number of halogens is 1. The fraction of sp³-hybridized carbons (Fsp3) is 0.419.